The predicted molar refractivity (Wildman–Crippen MR) is 135 cm³/mol. The van der Waals surface area contributed by atoms with E-state index in [2.05, 4.69) is 16.9 Å². The number of anilines is 1. The summed E-state index contributed by atoms with van der Waals surface area (Å²) in [6.45, 7) is 3.77. The molecule has 0 saturated heterocycles. The predicted octanol–water partition coefficient (Wildman–Crippen LogP) is 5.46. The molecule has 1 heterocycles. The van der Waals surface area contributed by atoms with Gasteiger partial charge in [-0.05, 0) is 36.4 Å². The van der Waals surface area contributed by atoms with Crippen molar-refractivity contribution in [2.24, 2.45) is 0 Å². The number of nitrogens with one attached hydrogen (secondary N) is 1. The van der Waals surface area contributed by atoms with Crippen LogP contribution in [0.1, 0.15) is 10.4 Å². The molecule has 0 aliphatic rings. The molecule has 170 valence electrons. The molecule has 0 unspecified atom stereocenters. The third-order valence-electron chi connectivity index (χ3n) is 5.12. The van der Waals surface area contributed by atoms with Gasteiger partial charge in [0.1, 0.15) is 6.54 Å². The van der Waals surface area contributed by atoms with E-state index in [1.165, 1.54) is 4.90 Å². The van der Waals surface area contributed by atoms with Crippen LogP contribution in [0.25, 0.3) is 16.9 Å². The van der Waals surface area contributed by atoms with E-state index >= 15 is 0 Å². The zero-order valence-corrected chi connectivity index (χ0v) is 19.2. The Balaban J connectivity index is 1.58. The van der Waals surface area contributed by atoms with Gasteiger partial charge in [-0.15, -0.1) is 6.58 Å². The van der Waals surface area contributed by atoms with Crippen LogP contribution >= 0.6 is 11.6 Å². The first-order chi connectivity index (χ1) is 16.5. The first-order valence-corrected chi connectivity index (χ1v) is 11.1. The van der Waals surface area contributed by atoms with Gasteiger partial charge in [0, 0.05) is 34.6 Å². The van der Waals surface area contributed by atoms with Crippen LogP contribution in [0.3, 0.4) is 0 Å². The Morgan fingerprint density at radius 1 is 0.971 bits per heavy atom. The van der Waals surface area contributed by atoms with Crippen molar-refractivity contribution in [1.82, 2.24) is 14.5 Å². The van der Waals surface area contributed by atoms with Gasteiger partial charge in [0.15, 0.2) is 0 Å². The van der Waals surface area contributed by atoms with Crippen LogP contribution in [0.5, 0.6) is 0 Å². The average Bonchev–Trinajstić information content (AvgIpc) is 3.28. The maximum atomic E-state index is 13.0. The van der Waals surface area contributed by atoms with Gasteiger partial charge in [0.25, 0.3) is 5.91 Å². The Hall–Kier alpha value is -4.16. The van der Waals surface area contributed by atoms with Gasteiger partial charge in [-0.2, -0.15) is 0 Å². The van der Waals surface area contributed by atoms with Crippen LogP contribution in [0.4, 0.5) is 5.95 Å². The Morgan fingerprint density at radius 2 is 1.62 bits per heavy atom. The lowest BCUT2D eigenvalue weighted by Gasteiger charge is -2.20. The van der Waals surface area contributed by atoms with Crippen molar-refractivity contribution >= 4 is 29.4 Å². The first kappa shape index (κ1) is 23.0. The molecule has 4 rings (SSSR count). The van der Waals surface area contributed by atoms with E-state index < -0.39 is 0 Å². The number of carbonyl (C=O) groups is 2. The van der Waals surface area contributed by atoms with Crippen molar-refractivity contribution in [2.45, 2.75) is 0 Å². The molecule has 0 atom stereocenters. The zero-order valence-electron chi connectivity index (χ0n) is 18.4. The molecule has 0 spiro atoms. The van der Waals surface area contributed by atoms with Crippen molar-refractivity contribution in [1.29, 1.82) is 0 Å². The summed E-state index contributed by atoms with van der Waals surface area (Å²) in [7, 11) is 0. The average molecular weight is 471 g/mol. The minimum atomic E-state index is -0.369. The van der Waals surface area contributed by atoms with Crippen LogP contribution in [-0.2, 0) is 4.79 Å². The SMILES string of the molecule is C=CCN(CC(=O)Nc1nc(-c2ccccc2)cn1-c1ccccc1)C(=O)c1ccc(Cl)cc1. The fourth-order valence-corrected chi connectivity index (χ4v) is 3.62. The number of para-hydroxylation sites is 1. The van der Waals surface area contributed by atoms with Crippen LogP contribution < -0.4 is 5.32 Å². The highest BCUT2D eigenvalue weighted by Gasteiger charge is 2.20. The third-order valence-corrected chi connectivity index (χ3v) is 5.38. The standard InChI is InChI=1S/C27H23ClN4O2/c1-2-17-31(26(34)21-13-15-22(28)16-14-21)19-25(33)30-27-29-24(20-9-5-3-6-10-20)18-32(27)23-11-7-4-8-12-23/h2-16,18H,1,17,19H2,(H,29,30,33). The summed E-state index contributed by atoms with van der Waals surface area (Å²) in [5, 5.41) is 3.40. The highest BCUT2D eigenvalue weighted by molar-refractivity contribution is 6.30. The normalized spacial score (nSPS) is 10.5. The largest absolute Gasteiger partial charge is 0.326 e. The molecule has 3 aromatic carbocycles. The fourth-order valence-electron chi connectivity index (χ4n) is 3.49. The van der Waals surface area contributed by atoms with Crippen molar-refractivity contribution in [3.63, 3.8) is 0 Å². The van der Waals surface area contributed by atoms with E-state index in [9.17, 15) is 9.59 Å². The van der Waals surface area contributed by atoms with E-state index in [1.807, 2.05) is 71.4 Å². The number of imidazole rings is 1. The lowest BCUT2D eigenvalue weighted by molar-refractivity contribution is -0.116. The number of hydrogen-bond acceptors (Lipinski definition) is 3. The maximum absolute atomic E-state index is 13.0. The smallest absolute Gasteiger partial charge is 0.254 e. The number of nitrogens with zero attached hydrogens (tertiary/aromatic N) is 3. The zero-order chi connectivity index (χ0) is 23.9. The van der Waals surface area contributed by atoms with Crippen LogP contribution in [0.2, 0.25) is 5.02 Å². The van der Waals surface area contributed by atoms with Gasteiger partial charge >= 0.3 is 0 Å². The van der Waals surface area contributed by atoms with Crippen LogP contribution in [0.15, 0.2) is 104 Å². The minimum Gasteiger partial charge on any atom is -0.326 e. The number of hydrogen-bond donors (Lipinski definition) is 1. The van der Waals surface area contributed by atoms with Gasteiger partial charge in [0.2, 0.25) is 11.9 Å². The quantitative estimate of drug-likeness (QED) is 0.348. The summed E-state index contributed by atoms with van der Waals surface area (Å²) in [6.07, 6.45) is 3.46. The summed E-state index contributed by atoms with van der Waals surface area (Å²) in [5.74, 6) is -0.290. The molecular weight excluding hydrogens is 448 g/mol. The number of halogens is 1. The molecule has 0 aliphatic carbocycles. The molecule has 0 radical (unpaired) electrons. The highest BCUT2D eigenvalue weighted by Crippen LogP contribution is 2.24. The molecule has 0 saturated carbocycles. The summed E-state index contributed by atoms with van der Waals surface area (Å²) in [4.78, 5) is 32.0. The molecule has 0 aliphatic heterocycles. The fraction of sp³-hybridized carbons (Fsp3) is 0.0741. The Morgan fingerprint density at radius 3 is 2.26 bits per heavy atom. The molecule has 0 fully saturated rings. The van der Waals surface area contributed by atoms with Crippen molar-refractivity contribution < 1.29 is 9.59 Å². The van der Waals surface area contributed by atoms with E-state index in [4.69, 9.17) is 11.6 Å². The summed E-state index contributed by atoms with van der Waals surface area (Å²) < 4.78 is 1.82. The molecule has 7 heteroatoms. The monoisotopic (exact) mass is 470 g/mol. The second-order valence-corrected chi connectivity index (χ2v) is 7.99. The molecule has 0 bridgehead atoms. The number of carbonyl (C=O) groups excluding carboxylic acids is 2. The molecule has 6 nitrogen and oxygen atoms in total. The van der Waals surface area contributed by atoms with Crippen molar-refractivity contribution in [3.05, 3.63) is 114 Å². The molecule has 1 N–H and O–H groups in total. The number of amides is 2. The lowest BCUT2D eigenvalue weighted by Crippen LogP contribution is -2.38. The molecular formula is C27H23ClN4O2. The van der Waals surface area contributed by atoms with Gasteiger partial charge in [-0.25, -0.2) is 4.98 Å². The minimum absolute atomic E-state index is 0.157. The van der Waals surface area contributed by atoms with E-state index in [0.717, 1.165) is 16.9 Å². The Bertz CT molecular complexity index is 1290. The highest BCUT2D eigenvalue weighted by atomic mass is 35.5. The number of rotatable bonds is 8. The van der Waals surface area contributed by atoms with Crippen molar-refractivity contribution in [2.75, 3.05) is 18.4 Å². The second-order valence-electron chi connectivity index (χ2n) is 7.55. The van der Waals surface area contributed by atoms with Gasteiger partial charge < -0.3 is 4.90 Å². The second kappa shape index (κ2) is 10.6. The van der Waals surface area contributed by atoms with Crippen molar-refractivity contribution in [3.8, 4) is 16.9 Å². The Labute approximate surface area is 203 Å². The molecule has 2 amide bonds. The van der Waals surface area contributed by atoms with Gasteiger partial charge in [-0.3, -0.25) is 19.5 Å². The summed E-state index contributed by atoms with van der Waals surface area (Å²) in [5.41, 5.74) is 2.95. The van der Waals surface area contributed by atoms with E-state index in [-0.39, 0.29) is 24.9 Å². The van der Waals surface area contributed by atoms with Gasteiger partial charge in [0.05, 0.1) is 5.69 Å². The molecule has 4 aromatic rings. The Kier molecular flexibility index (Phi) is 7.20. The molecule has 1 aromatic heterocycles. The lowest BCUT2D eigenvalue weighted by atomic mass is 10.2. The van der Waals surface area contributed by atoms with Crippen LogP contribution in [-0.4, -0.2) is 39.4 Å². The van der Waals surface area contributed by atoms with E-state index in [1.54, 1.807) is 30.3 Å². The summed E-state index contributed by atoms with van der Waals surface area (Å²) in [6, 6.07) is 25.9. The molecule has 34 heavy (non-hydrogen) atoms. The van der Waals surface area contributed by atoms with Gasteiger partial charge in [-0.1, -0.05) is 66.2 Å². The first-order valence-electron chi connectivity index (χ1n) is 10.7. The van der Waals surface area contributed by atoms with Crippen LogP contribution in [0, 0.1) is 0 Å². The van der Waals surface area contributed by atoms with E-state index in [0.29, 0.717) is 16.5 Å². The topological polar surface area (TPSA) is 67.2 Å². The third kappa shape index (κ3) is 5.42. The summed E-state index contributed by atoms with van der Waals surface area (Å²) >= 11 is 5.93. The number of benzene rings is 3. The maximum Gasteiger partial charge on any atom is 0.254 e. The number of aromatic nitrogens is 2.